The van der Waals surface area contributed by atoms with Crippen LogP contribution in [0.15, 0.2) is 18.5 Å². The van der Waals surface area contributed by atoms with E-state index in [1.165, 1.54) is 0 Å². The Balaban J connectivity index is 2.13. The normalized spacial score (nSPS) is 19.6. The molecule has 1 saturated heterocycles. The predicted octanol–water partition coefficient (Wildman–Crippen LogP) is 1.68. The molecule has 5 heteroatoms. The summed E-state index contributed by atoms with van der Waals surface area (Å²) in [5, 5.41) is 3.23. The molecular weight excluding hydrogens is 252 g/mol. The Morgan fingerprint density at radius 2 is 2.40 bits per heavy atom. The maximum Gasteiger partial charge on any atom is 0.257 e. The van der Waals surface area contributed by atoms with Gasteiger partial charge in [0.1, 0.15) is 0 Å². The smallest absolute Gasteiger partial charge is 0.257 e. The highest BCUT2D eigenvalue weighted by atomic mass is 16.2. The highest BCUT2D eigenvalue weighted by Gasteiger charge is 2.26. The molecular formula is C15H24N4O. The fraction of sp³-hybridized carbons (Fsp3) is 0.600. The predicted molar refractivity (Wildman–Crippen MR) is 81.0 cm³/mol. The van der Waals surface area contributed by atoms with Gasteiger partial charge in [0, 0.05) is 38.6 Å². The van der Waals surface area contributed by atoms with E-state index in [0.29, 0.717) is 5.56 Å². The van der Waals surface area contributed by atoms with Crippen LogP contribution in [0.1, 0.15) is 30.1 Å². The molecule has 0 spiro atoms. The maximum atomic E-state index is 12.7. The number of nitrogens with zero attached hydrogens (tertiary/aromatic N) is 3. The van der Waals surface area contributed by atoms with Gasteiger partial charge in [-0.2, -0.15) is 0 Å². The average molecular weight is 276 g/mol. The number of nitrogens with one attached hydrogen (secondary N) is 1. The van der Waals surface area contributed by atoms with E-state index in [0.717, 1.165) is 38.2 Å². The third-order valence-electron chi connectivity index (χ3n) is 3.89. The van der Waals surface area contributed by atoms with Crippen LogP contribution in [0.4, 0.5) is 5.69 Å². The standard InChI is InChI=1S/C15H24N4O/c1-4-17-14-7-8-16-10-13(14)15(20)19(3)12-6-5-9-18(2)11-12/h7-8,10,12H,4-6,9,11H2,1-3H3,(H,16,17). The first kappa shape index (κ1) is 14.8. The van der Waals surface area contributed by atoms with Crippen LogP contribution in [0.3, 0.4) is 0 Å². The van der Waals surface area contributed by atoms with Gasteiger partial charge >= 0.3 is 0 Å². The van der Waals surface area contributed by atoms with Gasteiger partial charge in [-0.3, -0.25) is 9.78 Å². The first-order chi connectivity index (χ1) is 9.63. The minimum atomic E-state index is 0.0503. The van der Waals surface area contributed by atoms with Crippen LogP contribution in [-0.2, 0) is 0 Å². The first-order valence-electron chi connectivity index (χ1n) is 7.27. The molecule has 1 atom stereocenters. The molecule has 110 valence electrons. The molecule has 1 aliphatic heterocycles. The molecule has 0 aromatic carbocycles. The summed E-state index contributed by atoms with van der Waals surface area (Å²) in [5.74, 6) is 0.0503. The molecule has 5 nitrogen and oxygen atoms in total. The number of carbonyl (C=O) groups excluding carboxylic acids is 1. The summed E-state index contributed by atoms with van der Waals surface area (Å²) >= 11 is 0. The van der Waals surface area contributed by atoms with E-state index >= 15 is 0 Å². The SMILES string of the molecule is CCNc1ccncc1C(=O)N(C)C1CCCN(C)C1. The van der Waals surface area contributed by atoms with Crippen molar-refractivity contribution in [2.45, 2.75) is 25.8 Å². The largest absolute Gasteiger partial charge is 0.385 e. The number of piperidine rings is 1. The number of hydrogen-bond donors (Lipinski definition) is 1. The number of anilines is 1. The summed E-state index contributed by atoms with van der Waals surface area (Å²) in [6.07, 6.45) is 5.59. The molecule has 1 fully saturated rings. The lowest BCUT2D eigenvalue weighted by molar-refractivity contribution is 0.0644. The van der Waals surface area contributed by atoms with Crippen molar-refractivity contribution in [3.8, 4) is 0 Å². The van der Waals surface area contributed by atoms with Gasteiger partial charge in [0.2, 0.25) is 0 Å². The average Bonchev–Trinajstić information content (AvgIpc) is 2.47. The summed E-state index contributed by atoms with van der Waals surface area (Å²) in [6.45, 7) is 4.88. The molecule has 1 unspecified atom stereocenters. The molecule has 0 bridgehead atoms. The Morgan fingerprint density at radius 3 is 3.10 bits per heavy atom. The third kappa shape index (κ3) is 3.28. The fourth-order valence-electron chi connectivity index (χ4n) is 2.72. The highest BCUT2D eigenvalue weighted by Crippen LogP contribution is 2.19. The number of aromatic nitrogens is 1. The van der Waals surface area contributed by atoms with Crippen molar-refractivity contribution in [1.29, 1.82) is 0 Å². The van der Waals surface area contributed by atoms with Crippen LogP contribution in [0.5, 0.6) is 0 Å². The molecule has 1 amide bonds. The van der Waals surface area contributed by atoms with Crippen molar-refractivity contribution in [2.75, 3.05) is 39.0 Å². The van der Waals surface area contributed by atoms with Crippen LogP contribution in [-0.4, -0.2) is 60.5 Å². The van der Waals surface area contributed by atoms with Gasteiger partial charge in [0.15, 0.2) is 0 Å². The van der Waals surface area contributed by atoms with Gasteiger partial charge in [-0.1, -0.05) is 0 Å². The van der Waals surface area contributed by atoms with Crippen molar-refractivity contribution in [2.24, 2.45) is 0 Å². The second-order valence-electron chi connectivity index (χ2n) is 5.43. The van der Waals surface area contributed by atoms with Crippen LogP contribution in [0.2, 0.25) is 0 Å². The first-order valence-corrected chi connectivity index (χ1v) is 7.27. The lowest BCUT2D eigenvalue weighted by Crippen LogP contribution is -2.47. The topological polar surface area (TPSA) is 48.5 Å². The Labute approximate surface area is 121 Å². The lowest BCUT2D eigenvalue weighted by Gasteiger charge is -2.36. The zero-order valence-electron chi connectivity index (χ0n) is 12.6. The Kier molecular flexibility index (Phi) is 4.95. The Morgan fingerprint density at radius 1 is 1.60 bits per heavy atom. The molecule has 20 heavy (non-hydrogen) atoms. The zero-order chi connectivity index (χ0) is 14.5. The van der Waals surface area contributed by atoms with Gasteiger partial charge in [0.05, 0.1) is 11.3 Å². The summed E-state index contributed by atoms with van der Waals surface area (Å²) in [5.41, 5.74) is 1.52. The molecule has 0 saturated carbocycles. The van der Waals surface area contributed by atoms with Gasteiger partial charge in [-0.15, -0.1) is 0 Å². The summed E-state index contributed by atoms with van der Waals surface area (Å²) < 4.78 is 0. The van der Waals surface area contributed by atoms with E-state index in [9.17, 15) is 4.79 Å². The molecule has 1 aromatic rings. The Hall–Kier alpha value is -1.62. The molecule has 1 aliphatic rings. The molecule has 2 rings (SSSR count). The van der Waals surface area contributed by atoms with Crippen molar-refractivity contribution < 1.29 is 4.79 Å². The lowest BCUT2D eigenvalue weighted by atomic mass is 10.0. The van der Waals surface area contributed by atoms with Crippen LogP contribution in [0, 0.1) is 0 Å². The third-order valence-corrected chi connectivity index (χ3v) is 3.89. The van der Waals surface area contributed by atoms with Gasteiger partial charge in [-0.25, -0.2) is 0 Å². The number of carbonyl (C=O) groups is 1. The fourth-order valence-corrected chi connectivity index (χ4v) is 2.72. The minimum Gasteiger partial charge on any atom is -0.385 e. The zero-order valence-corrected chi connectivity index (χ0v) is 12.6. The van der Waals surface area contributed by atoms with Crippen LogP contribution < -0.4 is 5.32 Å². The number of likely N-dealkylation sites (N-methyl/N-ethyl adjacent to an activating group) is 2. The van der Waals surface area contributed by atoms with Gasteiger partial charge < -0.3 is 15.1 Å². The maximum absolute atomic E-state index is 12.7. The van der Waals surface area contributed by atoms with Gasteiger partial charge in [-0.05, 0) is 39.4 Å². The molecule has 1 aromatic heterocycles. The second kappa shape index (κ2) is 6.70. The van der Waals surface area contributed by atoms with E-state index < -0.39 is 0 Å². The van der Waals surface area contributed by atoms with Gasteiger partial charge in [0.25, 0.3) is 5.91 Å². The molecule has 1 N–H and O–H groups in total. The van der Waals surface area contributed by atoms with Crippen LogP contribution >= 0.6 is 0 Å². The summed E-state index contributed by atoms with van der Waals surface area (Å²) in [4.78, 5) is 20.9. The van der Waals surface area contributed by atoms with E-state index in [2.05, 4.69) is 22.2 Å². The molecule has 0 radical (unpaired) electrons. The van der Waals surface area contributed by atoms with Crippen molar-refractivity contribution in [3.63, 3.8) is 0 Å². The number of likely N-dealkylation sites (tertiary alicyclic amines) is 1. The van der Waals surface area contributed by atoms with Crippen LogP contribution in [0.25, 0.3) is 0 Å². The van der Waals surface area contributed by atoms with Crippen molar-refractivity contribution in [1.82, 2.24) is 14.8 Å². The minimum absolute atomic E-state index is 0.0503. The van der Waals surface area contributed by atoms with Crippen molar-refractivity contribution >= 4 is 11.6 Å². The van der Waals surface area contributed by atoms with E-state index in [4.69, 9.17) is 0 Å². The summed E-state index contributed by atoms with van der Waals surface area (Å²) in [6, 6.07) is 2.15. The molecule has 2 heterocycles. The molecule has 0 aliphatic carbocycles. The number of amides is 1. The van der Waals surface area contributed by atoms with E-state index in [1.807, 2.05) is 24.9 Å². The van der Waals surface area contributed by atoms with E-state index in [-0.39, 0.29) is 11.9 Å². The van der Waals surface area contributed by atoms with Crippen molar-refractivity contribution in [3.05, 3.63) is 24.0 Å². The number of rotatable bonds is 4. The number of pyridine rings is 1. The highest BCUT2D eigenvalue weighted by molar-refractivity contribution is 5.99. The number of hydrogen-bond acceptors (Lipinski definition) is 4. The quantitative estimate of drug-likeness (QED) is 0.909. The van der Waals surface area contributed by atoms with E-state index in [1.54, 1.807) is 12.4 Å². The second-order valence-corrected chi connectivity index (χ2v) is 5.43. The Bertz CT molecular complexity index is 463. The summed E-state index contributed by atoms with van der Waals surface area (Å²) in [7, 11) is 4.01. The monoisotopic (exact) mass is 276 g/mol.